The van der Waals surface area contributed by atoms with E-state index >= 15 is 0 Å². The Kier molecular flexibility index (Phi) is 5.45. The van der Waals surface area contributed by atoms with Crippen LogP contribution < -0.4 is 0 Å². The topological polar surface area (TPSA) is 20.3 Å². The summed E-state index contributed by atoms with van der Waals surface area (Å²) in [6.07, 6.45) is 0. The summed E-state index contributed by atoms with van der Waals surface area (Å²) in [5, 5.41) is 0.687. The smallest absolute Gasteiger partial charge is 0.238 e. The average molecular weight is 308 g/mol. The third-order valence-electron chi connectivity index (χ3n) is 2.97. The third-order valence-corrected chi connectivity index (χ3v) is 3.45. The first-order chi connectivity index (χ1) is 9.69. The van der Waals surface area contributed by atoms with Gasteiger partial charge in [0.25, 0.3) is 0 Å². The minimum absolute atomic E-state index is 0.0135. The molecule has 2 rings (SSSR count). The van der Waals surface area contributed by atoms with Gasteiger partial charge in [0.15, 0.2) is 0 Å². The van der Waals surface area contributed by atoms with Crippen LogP contribution in [0.15, 0.2) is 54.6 Å². The monoisotopic (exact) mass is 307 g/mol. The zero-order valence-corrected chi connectivity index (χ0v) is 12.4. The van der Waals surface area contributed by atoms with Crippen LogP contribution in [-0.2, 0) is 17.9 Å². The van der Waals surface area contributed by atoms with Gasteiger partial charge in [-0.1, -0.05) is 54.1 Å². The fraction of sp³-hybridized carbons (Fsp3) is 0.188. The highest BCUT2D eigenvalue weighted by atomic mass is 35.5. The summed E-state index contributed by atoms with van der Waals surface area (Å²) in [6.45, 7) is 1.08. The second-order valence-corrected chi connectivity index (χ2v) is 5.20. The Morgan fingerprint density at radius 2 is 1.45 bits per heavy atom. The van der Waals surface area contributed by atoms with E-state index in [0.29, 0.717) is 18.1 Å². The number of benzene rings is 2. The fourth-order valence-electron chi connectivity index (χ4n) is 1.93. The Bertz CT molecular complexity index is 554. The van der Waals surface area contributed by atoms with E-state index in [-0.39, 0.29) is 11.8 Å². The SMILES string of the molecule is O=C(CCl)N(Cc1ccccc1)Cc1ccc(Cl)cc1. The minimum atomic E-state index is -0.0783. The van der Waals surface area contributed by atoms with Gasteiger partial charge in [0, 0.05) is 18.1 Å². The van der Waals surface area contributed by atoms with Crippen LogP contribution in [0.4, 0.5) is 0 Å². The molecule has 0 aliphatic carbocycles. The first-order valence-corrected chi connectivity index (χ1v) is 7.22. The van der Waals surface area contributed by atoms with Crippen molar-refractivity contribution < 1.29 is 4.79 Å². The van der Waals surface area contributed by atoms with Gasteiger partial charge in [-0.25, -0.2) is 0 Å². The molecule has 2 aromatic carbocycles. The van der Waals surface area contributed by atoms with E-state index in [0.717, 1.165) is 11.1 Å². The van der Waals surface area contributed by atoms with Crippen molar-refractivity contribution in [2.75, 3.05) is 5.88 Å². The molecule has 0 N–H and O–H groups in total. The van der Waals surface area contributed by atoms with Crippen molar-refractivity contribution in [2.45, 2.75) is 13.1 Å². The molecule has 0 atom stereocenters. The molecule has 0 fully saturated rings. The van der Waals surface area contributed by atoms with Gasteiger partial charge in [-0.15, -0.1) is 11.6 Å². The summed E-state index contributed by atoms with van der Waals surface area (Å²) < 4.78 is 0. The number of alkyl halides is 1. The van der Waals surface area contributed by atoms with Gasteiger partial charge in [0.05, 0.1) is 0 Å². The van der Waals surface area contributed by atoms with Gasteiger partial charge in [0.1, 0.15) is 5.88 Å². The highest BCUT2D eigenvalue weighted by Crippen LogP contribution is 2.14. The van der Waals surface area contributed by atoms with Crippen molar-refractivity contribution in [3.63, 3.8) is 0 Å². The lowest BCUT2D eigenvalue weighted by Gasteiger charge is -2.22. The van der Waals surface area contributed by atoms with Crippen LogP contribution in [0.3, 0.4) is 0 Å². The van der Waals surface area contributed by atoms with Crippen LogP contribution in [0.1, 0.15) is 11.1 Å². The lowest BCUT2D eigenvalue weighted by molar-refractivity contribution is -0.129. The molecule has 0 heterocycles. The highest BCUT2D eigenvalue weighted by molar-refractivity contribution is 6.30. The molecule has 0 spiro atoms. The van der Waals surface area contributed by atoms with Gasteiger partial charge in [-0.2, -0.15) is 0 Å². The van der Waals surface area contributed by atoms with Gasteiger partial charge in [-0.05, 0) is 23.3 Å². The van der Waals surface area contributed by atoms with Crippen molar-refractivity contribution in [1.82, 2.24) is 4.90 Å². The van der Waals surface area contributed by atoms with E-state index in [4.69, 9.17) is 23.2 Å². The van der Waals surface area contributed by atoms with Gasteiger partial charge >= 0.3 is 0 Å². The van der Waals surface area contributed by atoms with Crippen molar-refractivity contribution in [2.24, 2.45) is 0 Å². The Balaban J connectivity index is 2.11. The first kappa shape index (κ1) is 14.9. The van der Waals surface area contributed by atoms with E-state index in [1.807, 2.05) is 54.6 Å². The summed E-state index contributed by atoms with van der Waals surface area (Å²) in [5.74, 6) is -0.0917. The lowest BCUT2D eigenvalue weighted by atomic mass is 10.1. The van der Waals surface area contributed by atoms with E-state index < -0.39 is 0 Å². The second kappa shape index (κ2) is 7.32. The molecule has 4 heteroatoms. The van der Waals surface area contributed by atoms with Gasteiger partial charge < -0.3 is 4.90 Å². The standard InChI is InChI=1S/C16H15Cl2NO/c17-10-16(20)19(11-13-4-2-1-3-5-13)12-14-6-8-15(18)9-7-14/h1-9H,10-12H2. The van der Waals surface area contributed by atoms with Crippen molar-refractivity contribution in [3.05, 3.63) is 70.7 Å². The van der Waals surface area contributed by atoms with Gasteiger partial charge in [-0.3, -0.25) is 4.79 Å². The molecule has 0 unspecified atom stereocenters. The molecule has 2 aromatic rings. The number of halogens is 2. The average Bonchev–Trinajstić information content (AvgIpc) is 2.49. The molecule has 0 aliphatic heterocycles. The Morgan fingerprint density at radius 3 is 2.00 bits per heavy atom. The highest BCUT2D eigenvalue weighted by Gasteiger charge is 2.13. The molecular weight excluding hydrogens is 293 g/mol. The largest absolute Gasteiger partial charge is 0.333 e. The molecule has 0 bridgehead atoms. The maximum Gasteiger partial charge on any atom is 0.238 e. The third kappa shape index (κ3) is 4.26. The molecule has 104 valence electrons. The van der Waals surface area contributed by atoms with Crippen LogP contribution in [0, 0.1) is 0 Å². The predicted molar refractivity (Wildman–Crippen MR) is 82.9 cm³/mol. The Morgan fingerprint density at radius 1 is 0.900 bits per heavy atom. The van der Waals surface area contributed by atoms with Crippen LogP contribution in [0.5, 0.6) is 0 Å². The number of rotatable bonds is 5. The number of carbonyl (C=O) groups excluding carboxylic acids is 1. The summed E-state index contributed by atoms with van der Waals surface area (Å²) in [5.41, 5.74) is 2.11. The molecule has 0 aliphatic rings. The fourth-order valence-corrected chi connectivity index (χ4v) is 2.23. The van der Waals surface area contributed by atoms with Crippen molar-refractivity contribution in [3.8, 4) is 0 Å². The molecule has 0 radical (unpaired) electrons. The van der Waals surface area contributed by atoms with Crippen LogP contribution >= 0.6 is 23.2 Å². The Labute approximate surface area is 128 Å². The number of hydrogen-bond acceptors (Lipinski definition) is 1. The number of nitrogens with zero attached hydrogens (tertiary/aromatic N) is 1. The molecule has 20 heavy (non-hydrogen) atoms. The normalized spacial score (nSPS) is 10.3. The molecule has 0 aromatic heterocycles. The minimum Gasteiger partial charge on any atom is -0.333 e. The number of hydrogen-bond donors (Lipinski definition) is 0. The zero-order chi connectivity index (χ0) is 14.4. The number of carbonyl (C=O) groups is 1. The van der Waals surface area contributed by atoms with Crippen LogP contribution in [-0.4, -0.2) is 16.7 Å². The van der Waals surface area contributed by atoms with E-state index in [2.05, 4.69) is 0 Å². The summed E-state index contributed by atoms with van der Waals surface area (Å²) in [4.78, 5) is 13.7. The van der Waals surface area contributed by atoms with Crippen molar-refractivity contribution >= 4 is 29.1 Å². The predicted octanol–water partition coefficient (Wildman–Crippen LogP) is 4.11. The molecule has 0 saturated carbocycles. The summed E-state index contributed by atoms with van der Waals surface area (Å²) >= 11 is 11.6. The Hall–Kier alpha value is -1.51. The zero-order valence-electron chi connectivity index (χ0n) is 10.9. The molecule has 2 nitrogen and oxygen atoms in total. The molecule has 1 amide bonds. The summed E-state index contributed by atoms with van der Waals surface area (Å²) in [7, 11) is 0. The van der Waals surface area contributed by atoms with E-state index in [1.165, 1.54) is 0 Å². The molecular formula is C16H15Cl2NO. The maximum atomic E-state index is 12.0. The van der Waals surface area contributed by atoms with E-state index in [1.54, 1.807) is 4.90 Å². The van der Waals surface area contributed by atoms with Gasteiger partial charge in [0.2, 0.25) is 5.91 Å². The lowest BCUT2D eigenvalue weighted by Crippen LogP contribution is -2.31. The summed E-state index contributed by atoms with van der Waals surface area (Å²) in [6, 6.07) is 17.3. The van der Waals surface area contributed by atoms with E-state index in [9.17, 15) is 4.79 Å². The van der Waals surface area contributed by atoms with Crippen LogP contribution in [0.2, 0.25) is 5.02 Å². The quantitative estimate of drug-likeness (QED) is 0.761. The van der Waals surface area contributed by atoms with Crippen LogP contribution in [0.25, 0.3) is 0 Å². The first-order valence-electron chi connectivity index (χ1n) is 6.31. The second-order valence-electron chi connectivity index (χ2n) is 4.50. The van der Waals surface area contributed by atoms with Crippen molar-refractivity contribution in [1.29, 1.82) is 0 Å². The molecule has 0 saturated heterocycles. The maximum absolute atomic E-state index is 12.0. The number of amides is 1.